The molecule has 0 bridgehead atoms. The quantitative estimate of drug-likeness (QED) is 0.802. The lowest BCUT2D eigenvalue weighted by atomic mass is 10.2. The molecule has 2 rings (SSSR count). The van der Waals surface area contributed by atoms with E-state index in [1.165, 1.54) is 5.56 Å². The molecule has 16 heavy (non-hydrogen) atoms. The summed E-state index contributed by atoms with van der Waals surface area (Å²) in [7, 11) is 0. The average Bonchev–Trinajstić information content (AvgIpc) is 2.67. The van der Waals surface area contributed by atoms with Crippen LogP contribution < -0.4 is 10.1 Å². The maximum Gasteiger partial charge on any atom is 0.169 e. The van der Waals surface area contributed by atoms with Crippen molar-refractivity contribution in [2.45, 2.75) is 6.92 Å². The van der Waals surface area contributed by atoms with E-state index in [0.717, 1.165) is 30.5 Å². The van der Waals surface area contributed by atoms with Crippen LogP contribution in [-0.4, -0.2) is 36.3 Å². The number of aryl methyl sites for hydroxylation is 1. The zero-order chi connectivity index (χ0) is 11.4. The molecular weight excluding hydrogens is 220 g/mol. The minimum atomic E-state index is 0.673. The van der Waals surface area contributed by atoms with Crippen LogP contribution >= 0.6 is 12.2 Å². The Bertz CT molecular complexity index is 381. The van der Waals surface area contributed by atoms with Crippen molar-refractivity contribution in [1.29, 1.82) is 0 Å². The molecule has 3 nitrogen and oxygen atoms in total. The summed E-state index contributed by atoms with van der Waals surface area (Å²) in [5.41, 5.74) is 1.17. The largest absolute Gasteiger partial charge is 0.491 e. The highest BCUT2D eigenvalue weighted by Gasteiger charge is 2.14. The fraction of sp³-hybridized carbons (Fsp3) is 0.417. The van der Waals surface area contributed by atoms with Crippen LogP contribution in [0.25, 0.3) is 0 Å². The third-order valence-corrected chi connectivity index (χ3v) is 3.06. The van der Waals surface area contributed by atoms with Crippen LogP contribution in [0, 0.1) is 6.92 Å². The standard InChI is InChI=1S/C12H16N2OS/c1-10-4-2-3-5-11(10)15-9-8-14-7-6-13-12(14)16/h2-5H,6-9H2,1H3,(H,13,16). The molecule has 1 aliphatic rings. The molecule has 0 saturated carbocycles. The fourth-order valence-electron chi connectivity index (χ4n) is 1.71. The van der Waals surface area contributed by atoms with Crippen LogP contribution in [0.15, 0.2) is 24.3 Å². The van der Waals surface area contributed by atoms with Gasteiger partial charge in [0.15, 0.2) is 5.11 Å². The molecule has 0 spiro atoms. The molecule has 0 unspecified atom stereocenters. The first kappa shape index (κ1) is 11.2. The topological polar surface area (TPSA) is 24.5 Å². The van der Waals surface area contributed by atoms with Gasteiger partial charge in [0.2, 0.25) is 0 Å². The summed E-state index contributed by atoms with van der Waals surface area (Å²) in [5.74, 6) is 0.959. The summed E-state index contributed by atoms with van der Waals surface area (Å²) < 4.78 is 5.72. The van der Waals surface area contributed by atoms with Crippen molar-refractivity contribution < 1.29 is 4.74 Å². The summed E-state index contributed by atoms with van der Waals surface area (Å²) in [4.78, 5) is 2.13. The van der Waals surface area contributed by atoms with Gasteiger partial charge in [0.25, 0.3) is 0 Å². The summed E-state index contributed by atoms with van der Waals surface area (Å²) in [5, 5.41) is 3.97. The van der Waals surface area contributed by atoms with Crippen molar-refractivity contribution in [2.75, 3.05) is 26.2 Å². The number of hydrogen-bond acceptors (Lipinski definition) is 2. The molecule has 1 aromatic carbocycles. The van der Waals surface area contributed by atoms with Gasteiger partial charge in [0.05, 0.1) is 6.54 Å². The molecule has 1 aliphatic heterocycles. The first-order chi connectivity index (χ1) is 7.77. The third kappa shape index (κ3) is 2.64. The van der Waals surface area contributed by atoms with Crippen molar-refractivity contribution >= 4 is 17.3 Å². The van der Waals surface area contributed by atoms with Crippen LogP contribution in [0.4, 0.5) is 0 Å². The van der Waals surface area contributed by atoms with Crippen molar-refractivity contribution in [2.24, 2.45) is 0 Å². The van der Waals surface area contributed by atoms with Gasteiger partial charge in [-0.3, -0.25) is 0 Å². The molecule has 0 amide bonds. The van der Waals surface area contributed by atoms with E-state index in [1.807, 2.05) is 18.2 Å². The van der Waals surface area contributed by atoms with E-state index in [4.69, 9.17) is 17.0 Å². The summed E-state index contributed by atoms with van der Waals surface area (Å²) in [6.07, 6.45) is 0. The minimum Gasteiger partial charge on any atom is -0.491 e. The fourth-order valence-corrected chi connectivity index (χ4v) is 1.99. The Morgan fingerprint density at radius 2 is 2.25 bits per heavy atom. The zero-order valence-electron chi connectivity index (χ0n) is 9.40. The number of thiocarbonyl (C=S) groups is 1. The molecule has 1 N–H and O–H groups in total. The van der Waals surface area contributed by atoms with Gasteiger partial charge >= 0.3 is 0 Å². The number of ether oxygens (including phenoxy) is 1. The maximum absolute atomic E-state index is 5.72. The van der Waals surface area contributed by atoms with Crippen molar-refractivity contribution in [3.05, 3.63) is 29.8 Å². The molecular formula is C12H16N2OS. The number of nitrogens with one attached hydrogen (secondary N) is 1. The van der Waals surface area contributed by atoms with E-state index < -0.39 is 0 Å². The van der Waals surface area contributed by atoms with Crippen LogP contribution in [0.3, 0.4) is 0 Å². The van der Waals surface area contributed by atoms with E-state index >= 15 is 0 Å². The van der Waals surface area contributed by atoms with Gasteiger partial charge in [-0.05, 0) is 30.8 Å². The predicted octanol–water partition coefficient (Wildman–Crippen LogP) is 1.56. The molecule has 86 valence electrons. The number of nitrogens with zero attached hydrogens (tertiary/aromatic N) is 1. The first-order valence-corrected chi connectivity index (χ1v) is 5.89. The lowest BCUT2D eigenvalue weighted by Crippen LogP contribution is -2.31. The van der Waals surface area contributed by atoms with Gasteiger partial charge in [-0.2, -0.15) is 0 Å². The van der Waals surface area contributed by atoms with Gasteiger partial charge in [0.1, 0.15) is 12.4 Å². The second-order valence-corrected chi connectivity index (χ2v) is 4.22. The van der Waals surface area contributed by atoms with Crippen molar-refractivity contribution in [1.82, 2.24) is 10.2 Å². The van der Waals surface area contributed by atoms with E-state index in [-0.39, 0.29) is 0 Å². The molecule has 1 saturated heterocycles. The lowest BCUT2D eigenvalue weighted by Gasteiger charge is -2.17. The van der Waals surface area contributed by atoms with Crippen LogP contribution in [-0.2, 0) is 0 Å². The van der Waals surface area contributed by atoms with E-state index in [2.05, 4.69) is 23.2 Å². The molecule has 0 radical (unpaired) electrons. The Balaban J connectivity index is 1.80. The number of hydrogen-bond donors (Lipinski definition) is 1. The average molecular weight is 236 g/mol. The minimum absolute atomic E-state index is 0.673. The highest BCUT2D eigenvalue weighted by atomic mass is 32.1. The molecule has 0 aromatic heterocycles. The van der Waals surface area contributed by atoms with Crippen LogP contribution in [0.5, 0.6) is 5.75 Å². The van der Waals surface area contributed by atoms with Gasteiger partial charge in [-0.25, -0.2) is 0 Å². The Kier molecular flexibility index (Phi) is 3.62. The van der Waals surface area contributed by atoms with E-state index in [0.29, 0.717) is 6.61 Å². The zero-order valence-corrected chi connectivity index (χ0v) is 10.2. The maximum atomic E-state index is 5.72. The van der Waals surface area contributed by atoms with Gasteiger partial charge in [-0.1, -0.05) is 18.2 Å². The smallest absolute Gasteiger partial charge is 0.169 e. The highest BCUT2D eigenvalue weighted by molar-refractivity contribution is 7.80. The summed E-state index contributed by atoms with van der Waals surface area (Å²) in [6, 6.07) is 8.05. The summed E-state index contributed by atoms with van der Waals surface area (Å²) >= 11 is 5.16. The molecule has 0 atom stereocenters. The number of benzene rings is 1. The predicted molar refractivity (Wildman–Crippen MR) is 68.8 cm³/mol. The summed E-state index contributed by atoms with van der Waals surface area (Å²) in [6.45, 7) is 5.50. The van der Waals surface area contributed by atoms with Crippen LogP contribution in [0.1, 0.15) is 5.56 Å². The van der Waals surface area contributed by atoms with E-state index in [1.54, 1.807) is 0 Å². The Labute approximate surface area is 101 Å². The monoisotopic (exact) mass is 236 g/mol. The Morgan fingerprint density at radius 1 is 1.44 bits per heavy atom. The van der Waals surface area contributed by atoms with Gasteiger partial charge < -0.3 is 15.0 Å². The third-order valence-electron chi connectivity index (χ3n) is 2.66. The van der Waals surface area contributed by atoms with Gasteiger partial charge in [0, 0.05) is 13.1 Å². The molecule has 1 fully saturated rings. The van der Waals surface area contributed by atoms with Crippen molar-refractivity contribution in [3.8, 4) is 5.75 Å². The normalized spacial score (nSPS) is 15.1. The number of para-hydroxylation sites is 1. The second-order valence-electron chi connectivity index (χ2n) is 3.83. The molecule has 0 aliphatic carbocycles. The SMILES string of the molecule is Cc1ccccc1OCCN1CCNC1=S. The van der Waals surface area contributed by atoms with Crippen molar-refractivity contribution in [3.63, 3.8) is 0 Å². The Hall–Kier alpha value is -1.29. The second kappa shape index (κ2) is 5.16. The Morgan fingerprint density at radius 3 is 2.94 bits per heavy atom. The van der Waals surface area contributed by atoms with E-state index in [9.17, 15) is 0 Å². The lowest BCUT2D eigenvalue weighted by molar-refractivity contribution is 0.277. The molecule has 4 heteroatoms. The molecule has 1 heterocycles. The van der Waals surface area contributed by atoms with Crippen LogP contribution in [0.2, 0.25) is 0 Å². The first-order valence-electron chi connectivity index (χ1n) is 5.48. The molecule has 1 aromatic rings. The highest BCUT2D eigenvalue weighted by Crippen LogP contribution is 2.15. The van der Waals surface area contributed by atoms with Gasteiger partial charge in [-0.15, -0.1) is 0 Å². The number of rotatable bonds is 4.